The van der Waals surface area contributed by atoms with Gasteiger partial charge in [-0.15, -0.1) is 0 Å². The summed E-state index contributed by atoms with van der Waals surface area (Å²) >= 11 is 0. The maximum Gasteiger partial charge on any atom is 0.237 e. The highest BCUT2D eigenvalue weighted by Crippen LogP contribution is 2.26. The number of hydrogen-bond donors (Lipinski definition) is 2. The SMILES string of the molecule is CCC(C)CS(=O)CC(=O)Nc1cc(N)ccc1OC. The van der Waals surface area contributed by atoms with E-state index in [0.29, 0.717) is 28.8 Å². The van der Waals surface area contributed by atoms with Crippen LogP contribution in [0.3, 0.4) is 0 Å². The van der Waals surface area contributed by atoms with Crippen LogP contribution in [0.1, 0.15) is 20.3 Å². The van der Waals surface area contributed by atoms with Crippen LogP contribution < -0.4 is 15.8 Å². The van der Waals surface area contributed by atoms with Crippen molar-refractivity contribution < 1.29 is 13.7 Å². The molecule has 0 aromatic heterocycles. The van der Waals surface area contributed by atoms with E-state index < -0.39 is 10.8 Å². The van der Waals surface area contributed by atoms with Gasteiger partial charge in [-0.2, -0.15) is 0 Å². The Morgan fingerprint density at radius 2 is 2.20 bits per heavy atom. The van der Waals surface area contributed by atoms with Gasteiger partial charge in [-0.25, -0.2) is 0 Å². The fourth-order valence-electron chi connectivity index (χ4n) is 1.65. The Kier molecular flexibility index (Phi) is 6.51. The molecule has 0 radical (unpaired) electrons. The van der Waals surface area contributed by atoms with Crippen LogP contribution in [-0.4, -0.2) is 28.7 Å². The number of nitrogens with two attached hydrogens (primary N) is 1. The molecular formula is C14H22N2O3S. The Balaban J connectivity index is 2.62. The summed E-state index contributed by atoms with van der Waals surface area (Å²) in [6.45, 7) is 4.07. The molecule has 0 spiro atoms. The summed E-state index contributed by atoms with van der Waals surface area (Å²) in [6.07, 6.45) is 0.955. The highest BCUT2D eigenvalue weighted by Gasteiger charge is 2.13. The number of anilines is 2. The van der Waals surface area contributed by atoms with Gasteiger partial charge >= 0.3 is 0 Å². The molecule has 0 heterocycles. The van der Waals surface area contributed by atoms with Gasteiger partial charge in [-0.1, -0.05) is 20.3 Å². The third kappa shape index (κ3) is 5.21. The lowest BCUT2D eigenvalue weighted by molar-refractivity contribution is -0.113. The van der Waals surface area contributed by atoms with Crippen LogP contribution in [0.4, 0.5) is 11.4 Å². The first-order valence-electron chi connectivity index (χ1n) is 6.54. The van der Waals surface area contributed by atoms with Gasteiger partial charge in [0.15, 0.2) is 0 Å². The molecule has 5 nitrogen and oxygen atoms in total. The quantitative estimate of drug-likeness (QED) is 0.754. The molecule has 1 aromatic rings. The summed E-state index contributed by atoms with van der Waals surface area (Å²) in [5.74, 6) is 1.11. The second-order valence-electron chi connectivity index (χ2n) is 4.77. The predicted octanol–water partition coefficient (Wildman–Crippen LogP) is 2.01. The van der Waals surface area contributed by atoms with Crippen LogP contribution in [-0.2, 0) is 15.6 Å². The molecule has 112 valence electrons. The minimum atomic E-state index is -1.15. The van der Waals surface area contributed by atoms with Gasteiger partial charge in [0.05, 0.1) is 12.8 Å². The lowest BCUT2D eigenvalue weighted by atomic mass is 10.2. The first-order chi connectivity index (χ1) is 9.46. The molecule has 2 atom stereocenters. The zero-order valence-electron chi connectivity index (χ0n) is 12.1. The van der Waals surface area contributed by atoms with Crippen molar-refractivity contribution in [2.75, 3.05) is 29.7 Å². The summed E-state index contributed by atoms with van der Waals surface area (Å²) in [5, 5.41) is 2.69. The highest BCUT2D eigenvalue weighted by atomic mass is 32.2. The highest BCUT2D eigenvalue weighted by molar-refractivity contribution is 7.85. The third-order valence-corrected chi connectivity index (χ3v) is 4.48. The molecule has 0 bridgehead atoms. The molecule has 6 heteroatoms. The Bertz CT molecular complexity index is 491. The van der Waals surface area contributed by atoms with Crippen LogP contribution in [0, 0.1) is 5.92 Å². The molecule has 0 aliphatic rings. The topological polar surface area (TPSA) is 81.4 Å². The Morgan fingerprint density at radius 1 is 1.50 bits per heavy atom. The van der Waals surface area contributed by atoms with Gasteiger partial charge in [0.2, 0.25) is 5.91 Å². The van der Waals surface area contributed by atoms with Crippen molar-refractivity contribution in [1.82, 2.24) is 0 Å². The van der Waals surface area contributed by atoms with E-state index in [0.717, 1.165) is 6.42 Å². The van der Waals surface area contributed by atoms with Crippen LogP contribution in [0.15, 0.2) is 18.2 Å². The van der Waals surface area contributed by atoms with Crippen LogP contribution in [0.2, 0.25) is 0 Å². The number of benzene rings is 1. The number of amides is 1. The molecule has 0 aliphatic carbocycles. The molecule has 1 rings (SSSR count). The Labute approximate surface area is 122 Å². The zero-order chi connectivity index (χ0) is 15.1. The van der Waals surface area contributed by atoms with E-state index in [4.69, 9.17) is 10.5 Å². The number of nitrogens with one attached hydrogen (secondary N) is 1. The maximum atomic E-state index is 11.9. The number of carbonyl (C=O) groups excluding carboxylic acids is 1. The molecule has 1 amide bonds. The number of carbonyl (C=O) groups is 1. The second-order valence-corrected chi connectivity index (χ2v) is 6.27. The molecule has 0 saturated carbocycles. The molecule has 20 heavy (non-hydrogen) atoms. The average molecular weight is 298 g/mol. The van der Waals surface area contributed by atoms with Crippen molar-refractivity contribution in [3.8, 4) is 5.75 Å². The van der Waals surface area contributed by atoms with Crippen molar-refractivity contribution in [2.45, 2.75) is 20.3 Å². The van der Waals surface area contributed by atoms with E-state index in [2.05, 4.69) is 5.32 Å². The third-order valence-electron chi connectivity index (χ3n) is 2.96. The van der Waals surface area contributed by atoms with Gasteiger partial charge in [0.25, 0.3) is 0 Å². The maximum absolute atomic E-state index is 11.9. The van der Waals surface area contributed by atoms with Crippen molar-refractivity contribution in [1.29, 1.82) is 0 Å². The van der Waals surface area contributed by atoms with Gasteiger partial charge in [-0.05, 0) is 24.1 Å². The fourth-order valence-corrected chi connectivity index (χ4v) is 3.00. The van der Waals surface area contributed by atoms with Crippen molar-refractivity contribution in [3.63, 3.8) is 0 Å². The fraction of sp³-hybridized carbons (Fsp3) is 0.500. The smallest absolute Gasteiger partial charge is 0.237 e. The van der Waals surface area contributed by atoms with Gasteiger partial charge in [0.1, 0.15) is 11.5 Å². The van der Waals surface area contributed by atoms with Gasteiger partial charge in [0, 0.05) is 22.2 Å². The van der Waals surface area contributed by atoms with E-state index in [1.807, 2.05) is 13.8 Å². The summed E-state index contributed by atoms with van der Waals surface area (Å²) in [5.41, 5.74) is 6.70. The normalized spacial score (nSPS) is 13.6. The Hall–Kier alpha value is -1.56. The van der Waals surface area contributed by atoms with Crippen LogP contribution in [0.5, 0.6) is 5.75 Å². The first kappa shape index (κ1) is 16.5. The molecule has 2 unspecified atom stereocenters. The van der Waals surface area contributed by atoms with E-state index in [1.54, 1.807) is 18.2 Å². The van der Waals surface area contributed by atoms with Crippen LogP contribution >= 0.6 is 0 Å². The summed E-state index contributed by atoms with van der Waals surface area (Å²) < 4.78 is 17.0. The molecule has 0 aliphatic heterocycles. The standard InChI is InChI=1S/C14H22N2O3S/c1-4-10(2)8-20(18)9-14(17)16-12-7-11(15)5-6-13(12)19-3/h5-7,10H,4,8-9,15H2,1-3H3,(H,16,17). The predicted molar refractivity (Wildman–Crippen MR) is 83.4 cm³/mol. The van der Waals surface area contributed by atoms with E-state index in [1.165, 1.54) is 7.11 Å². The van der Waals surface area contributed by atoms with E-state index in [9.17, 15) is 9.00 Å². The largest absolute Gasteiger partial charge is 0.495 e. The average Bonchev–Trinajstić information content (AvgIpc) is 2.38. The monoisotopic (exact) mass is 298 g/mol. The lowest BCUT2D eigenvalue weighted by Gasteiger charge is -2.11. The zero-order valence-corrected chi connectivity index (χ0v) is 13.0. The number of rotatable bonds is 7. The number of methoxy groups -OCH3 is 1. The second kappa shape index (κ2) is 7.89. The van der Waals surface area contributed by atoms with Crippen molar-refractivity contribution >= 4 is 28.1 Å². The summed E-state index contributed by atoms with van der Waals surface area (Å²) in [7, 11) is 0.364. The molecule has 0 fully saturated rings. The van der Waals surface area contributed by atoms with Gasteiger partial charge < -0.3 is 15.8 Å². The molecule has 1 aromatic carbocycles. The van der Waals surface area contributed by atoms with E-state index in [-0.39, 0.29) is 11.7 Å². The number of nitrogen functional groups attached to an aromatic ring is 1. The van der Waals surface area contributed by atoms with Crippen LogP contribution in [0.25, 0.3) is 0 Å². The molecule has 3 N–H and O–H groups in total. The summed E-state index contributed by atoms with van der Waals surface area (Å²) in [4.78, 5) is 11.9. The van der Waals surface area contributed by atoms with Crippen molar-refractivity contribution in [2.24, 2.45) is 5.92 Å². The van der Waals surface area contributed by atoms with E-state index >= 15 is 0 Å². The molecule has 0 saturated heterocycles. The first-order valence-corrected chi connectivity index (χ1v) is 8.03. The van der Waals surface area contributed by atoms with Crippen molar-refractivity contribution in [3.05, 3.63) is 18.2 Å². The minimum Gasteiger partial charge on any atom is -0.495 e. The number of hydrogen-bond acceptors (Lipinski definition) is 4. The number of ether oxygens (including phenoxy) is 1. The lowest BCUT2D eigenvalue weighted by Crippen LogP contribution is -2.22. The minimum absolute atomic E-state index is 0.0116. The van der Waals surface area contributed by atoms with Gasteiger partial charge in [-0.3, -0.25) is 9.00 Å². The molecular weight excluding hydrogens is 276 g/mol. The summed E-state index contributed by atoms with van der Waals surface area (Å²) in [6, 6.07) is 4.99. The Morgan fingerprint density at radius 3 is 2.80 bits per heavy atom.